The molecule has 122 valence electrons. The number of hydrogen-bond acceptors (Lipinski definition) is 4. The number of carbonyl (C=O) groups excluding carboxylic acids is 1. The van der Waals surface area contributed by atoms with Gasteiger partial charge in [-0.05, 0) is 44.9 Å². The second-order valence-corrected chi connectivity index (χ2v) is 5.84. The average molecular weight is 307 g/mol. The number of rotatable bonds is 6. The van der Waals surface area contributed by atoms with Gasteiger partial charge >= 0.3 is 6.09 Å². The maximum absolute atomic E-state index is 11.7. The Morgan fingerprint density at radius 3 is 2.45 bits per heavy atom. The molecule has 0 aliphatic heterocycles. The zero-order valence-corrected chi connectivity index (χ0v) is 14.0. The first-order chi connectivity index (χ1) is 10.3. The van der Waals surface area contributed by atoms with E-state index in [9.17, 15) is 4.79 Å². The molecule has 5 nitrogen and oxygen atoms in total. The molecule has 0 fully saturated rings. The lowest BCUT2D eigenvalue weighted by Crippen LogP contribution is -2.32. The predicted molar refractivity (Wildman–Crippen MR) is 86.5 cm³/mol. The molecule has 1 aromatic carbocycles. The molecule has 0 saturated carbocycles. The average Bonchev–Trinajstić information content (AvgIpc) is 2.43. The topological polar surface area (TPSA) is 56.8 Å². The van der Waals surface area contributed by atoms with Crippen LogP contribution in [0.5, 0.6) is 11.5 Å². The SMILES string of the molecule is C=CCc1cc(CNC(=O)OC(C)(C)C)cc(OC)c1OC. The lowest BCUT2D eigenvalue weighted by atomic mass is 10.1. The number of alkyl carbamates (subject to hydrolysis) is 1. The van der Waals surface area contributed by atoms with Crippen LogP contribution < -0.4 is 14.8 Å². The molecular weight excluding hydrogens is 282 g/mol. The summed E-state index contributed by atoms with van der Waals surface area (Å²) in [4.78, 5) is 11.7. The molecule has 0 heterocycles. The third kappa shape index (κ3) is 5.31. The van der Waals surface area contributed by atoms with Crippen LogP contribution in [0.25, 0.3) is 0 Å². The summed E-state index contributed by atoms with van der Waals surface area (Å²) in [6.07, 6.45) is 2.00. The highest BCUT2D eigenvalue weighted by molar-refractivity contribution is 5.67. The van der Waals surface area contributed by atoms with E-state index >= 15 is 0 Å². The third-order valence-electron chi connectivity index (χ3n) is 2.82. The van der Waals surface area contributed by atoms with Gasteiger partial charge in [-0.15, -0.1) is 6.58 Å². The van der Waals surface area contributed by atoms with Gasteiger partial charge in [0, 0.05) is 12.1 Å². The number of benzene rings is 1. The van der Waals surface area contributed by atoms with E-state index in [0.29, 0.717) is 24.5 Å². The minimum absolute atomic E-state index is 0.347. The van der Waals surface area contributed by atoms with Gasteiger partial charge in [-0.25, -0.2) is 4.79 Å². The van der Waals surface area contributed by atoms with Crippen LogP contribution in [0.3, 0.4) is 0 Å². The zero-order valence-electron chi connectivity index (χ0n) is 14.0. The van der Waals surface area contributed by atoms with Crippen molar-refractivity contribution < 1.29 is 19.0 Å². The standard InChI is InChI=1S/C17H25NO4/c1-7-8-13-9-12(10-14(20-5)15(13)21-6)11-18-16(19)22-17(2,3)4/h7,9-10H,1,8,11H2,2-6H3,(H,18,19). The maximum atomic E-state index is 11.7. The number of amides is 1. The lowest BCUT2D eigenvalue weighted by molar-refractivity contribution is 0.0523. The van der Waals surface area contributed by atoms with Gasteiger partial charge in [0.1, 0.15) is 5.60 Å². The molecule has 0 unspecified atom stereocenters. The van der Waals surface area contributed by atoms with E-state index in [2.05, 4.69) is 11.9 Å². The molecular formula is C17H25NO4. The smallest absolute Gasteiger partial charge is 0.407 e. The molecule has 0 saturated heterocycles. The van der Waals surface area contributed by atoms with Crippen LogP contribution in [-0.2, 0) is 17.7 Å². The van der Waals surface area contributed by atoms with Gasteiger partial charge in [-0.2, -0.15) is 0 Å². The molecule has 0 atom stereocenters. The molecule has 0 aliphatic carbocycles. The highest BCUT2D eigenvalue weighted by Gasteiger charge is 2.16. The van der Waals surface area contributed by atoms with Crippen LogP contribution >= 0.6 is 0 Å². The van der Waals surface area contributed by atoms with E-state index in [1.807, 2.05) is 32.9 Å². The number of methoxy groups -OCH3 is 2. The van der Waals surface area contributed by atoms with Gasteiger partial charge in [0.25, 0.3) is 0 Å². The van der Waals surface area contributed by atoms with E-state index in [1.165, 1.54) is 0 Å². The third-order valence-corrected chi connectivity index (χ3v) is 2.82. The van der Waals surface area contributed by atoms with Crippen LogP contribution in [0.4, 0.5) is 4.79 Å². The van der Waals surface area contributed by atoms with E-state index in [4.69, 9.17) is 14.2 Å². The Morgan fingerprint density at radius 1 is 1.27 bits per heavy atom. The fourth-order valence-electron chi connectivity index (χ4n) is 2.00. The molecule has 0 radical (unpaired) electrons. The molecule has 1 aromatic rings. The van der Waals surface area contributed by atoms with Gasteiger partial charge in [0.05, 0.1) is 14.2 Å². The number of carbonyl (C=O) groups is 1. The Kier molecular flexibility index (Phi) is 6.28. The Morgan fingerprint density at radius 2 is 1.95 bits per heavy atom. The summed E-state index contributed by atoms with van der Waals surface area (Å²) in [5.41, 5.74) is 1.34. The minimum Gasteiger partial charge on any atom is -0.493 e. The Bertz CT molecular complexity index is 532. The number of nitrogens with one attached hydrogen (secondary N) is 1. The van der Waals surface area contributed by atoms with Crippen LogP contribution in [-0.4, -0.2) is 25.9 Å². The van der Waals surface area contributed by atoms with E-state index in [0.717, 1.165) is 11.1 Å². The highest BCUT2D eigenvalue weighted by Crippen LogP contribution is 2.33. The van der Waals surface area contributed by atoms with Gasteiger partial charge in [0.2, 0.25) is 0 Å². The van der Waals surface area contributed by atoms with Gasteiger partial charge in [-0.1, -0.05) is 6.08 Å². The molecule has 0 aromatic heterocycles. The Balaban J connectivity index is 2.89. The number of allylic oxidation sites excluding steroid dienone is 1. The lowest BCUT2D eigenvalue weighted by Gasteiger charge is -2.20. The zero-order chi connectivity index (χ0) is 16.8. The molecule has 0 spiro atoms. The summed E-state index contributed by atoms with van der Waals surface area (Å²) in [5.74, 6) is 1.31. The first kappa shape index (κ1) is 17.9. The van der Waals surface area contributed by atoms with Crippen molar-refractivity contribution in [2.45, 2.75) is 39.3 Å². The van der Waals surface area contributed by atoms with Crippen LogP contribution in [0.1, 0.15) is 31.9 Å². The van der Waals surface area contributed by atoms with E-state index < -0.39 is 11.7 Å². The van der Waals surface area contributed by atoms with Crippen molar-refractivity contribution >= 4 is 6.09 Å². The number of hydrogen-bond donors (Lipinski definition) is 1. The number of ether oxygens (including phenoxy) is 3. The quantitative estimate of drug-likeness (QED) is 0.818. The highest BCUT2D eigenvalue weighted by atomic mass is 16.6. The summed E-state index contributed by atoms with van der Waals surface area (Å²) in [6, 6.07) is 3.79. The minimum atomic E-state index is -0.518. The van der Waals surface area contributed by atoms with Gasteiger partial charge < -0.3 is 19.5 Å². The second-order valence-electron chi connectivity index (χ2n) is 5.84. The summed E-state index contributed by atoms with van der Waals surface area (Å²) in [6.45, 7) is 9.57. The van der Waals surface area contributed by atoms with Gasteiger partial charge in [0.15, 0.2) is 11.5 Å². The van der Waals surface area contributed by atoms with E-state index in [1.54, 1.807) is 20.3 Å². The Hall–Kier alpha value is -2.17. The van der Waals surface area contributed by atoms with Crippen LogP contribution in [0.15, 0.2) is 24.8 Å². The normalized spacial score (nSPS) is 10.8. The summed E-state index contributed by atoms with van der Waals surface area (Å²) < 4.78 is 15.9. The molecule has 22 heavy (non-hydrogen) atoms. The largest absolute Gasteiger partial charge is 0.493 e. The fourth-order valence-corrected chi connectivity index (χ4v) is 2.00. The monoisotopic (exact) mass is 307 g/mol. The van der Waals surface area contributed by atoms with Crippen molar-refractivity contribution in [1.29, 1.82) is 0 Å². The molecule has 1 rings (SSSR count). The van der Waals surface area contributed by atoms with E-state index in [-0.39, 0.29) is 0 Å². The molecule has 0 aliphatic rings. The first-order valence-corrected chi connectivity index (χ1v) is 7.12. The molecule has 1 N–H and O–H groups in total. The summed E-state index contributed by atoms with van der Waals surface area (Å²) >= 11 is 0. The van der Waals surface area contributed by atoms with Crippen molar-refractivity contribution in [2.75, 3.05) is 14.2 Å². The summed E-state index contributed by atoms with van der Waals surface area (Å²) in [7, 11) is 3.18. The van der Waals surface area contributed by atoms with Crippen molar-refractivity contribution in [3.8, 4) is 11.5 Å². The molecule has 5 heteroatoms. The van der Waals surface area contributed by atoms with Crippen molar-refractivity contribution in [3.63, 3.8) is 0 Å². The van der Waals surface area contributed by atoms with Crippen molar-refractivity contribution in [1.82, 2.24) is 5.32 Å². The van der Waals surface area contributed by atoms with Crippen molar-refractivity contribution in [3.05, 3.63) is 35.9 Å². The molecule has 1 amide bonds. The first-order valence-electron chi connectivity index (χ1n) is 7.12. The van der Waals surface area contributed by atoms with Crippen molar-refractivity contribution in [2.24, 2.45) is 0 Å². The maximum Gasteiger partial charge on any atom is 0.407 e. The van der Waals surface area contributed by atoms with Gasteiger partial charge in [-0.3, -0.25) is 0 Å². The fraction of sp³-hybridized carbons (Fsp3) is 0.471. The molecule has 0 bridgehead atoms. The predicted octanol–water partition coefficient (Wildman–Crippen LogP) is 3.46. The van der Waals surface area contributed by atoms with Crippen LogP contribution in [0, 0.1) is 0 Å². The second kappa shape index (κ2) is 7.73. The summed E-state index contributed by atoms with van der Waals surface area (Å²) in [5, 5.41) is 2.73. The Labute approximate surface area is 132 Å². The van der Waals surface area contributed by atoms with Crippen LogP contribution in [0.2, 0.25) is 0 Å².